The lowest BCUT2D eigenvalue weighted by Gasteiger charge is -2.31. The van der Waals surface area contributed by atoms with Crippen molar-refractivity contribution in [3.05, 3.63) is 42.2 Å². The molecule has 4 heterocycles. The molecule has 2 aliphatic heterocycles. The summed E-state index contributed by atoms with van der Waals surface area (Å²) in [5.41, 5.74) is 2.82. The van der Waals surface area contributed by atoms with E-state index in [-0.39, 0.29) is 0 Å². The average molecular weight is 456 g/mol. The van der Waals surface area contributed by atoms with Gasteiger partial charge < -0.3 is 19.7 Å². The smallest absolute Gasteiger partial charge is 0.228 e. The van der Waals surface area contributed by atoms with Crippen LogP contribution in [0.2, 0.25) is 0 Å². The SMILES string of the molecule is [O-][S+]1CCN(c2nc(N3CCNCC3)nc3c(SCc4ccccc4)ncnc23)CC1. The largest absolute Gasteiger partial charge is 0.616 e. The Hall–Kier alpha value is -2.14. The Morgan fingerprint density at radius 1 is 0.935 bits per heavy atom. The van der Waals surface area contributed by atoms with Gasteiger partial charge in [0, 0.05) is 31.9 Å². The molecule has 31 heavy (non-hydrogen) atoms. The van der Waals surface area contributed by atoms with E-state index in [1.54, 1.807) is 18.1 Å². The van der Waals surface area contributed by atoms with Crippen molar-refractivity contribution in [2.75, 3.05) is 60.6 Å². The van der Waals surface area contributed by atoms with Crippen LogP contribution in [0.15, 0.2) is 41.7 Å². The van der Waals surface area contributed by atoms with E-state index in [0.29, 0.717) is 11.5 Å². The van der Waals surface area contributed by atoms with Crippen molar-refractivity contribution >= 4 is 45.7 Å². The van der Waals surface area contributed by atoms with Gasteiger partial charge in [0.15, 0.2) is 5.82 Å². The summed E-state index contributed by atoms with van der Waals surface area (Å²) >= 11 is 0.927. The number of thioether (sulfide) groups is 1. The molecule has 0 radical (unpaired) electrons. The standard InChI is InChI=1S/C21H25N7OS2/c29-31-12-10-27(11-13-31)19-17-18(25-21(26-19)28-8-6-22-7-9-28)20(24-15-23-17)30-14-16-4-2-1-3-5-16/h1-5,15,22H,6-14H2. The molecule has 0 aliphatic carbocycles. The summed E-state index contributed by atoms with van der Waals surface area (Å²) < 4.78 is 11.9. The molecule has 162 valence electrons. The molecule has 2 fully saturated rings. The summed E-state index contributed by atoms with van der Waals surface area (Å²) in [6.45, 7) is 5.01. The Labute approximate surface area is 189 Å². The lowest BCUT2D eigenvalue weighted by Crippen LogP contribution is -2.45. The molecule has 0 bridgehead atoms. The second kappa shape index (κ2) is 9.56. The Balaban J connectivity index is 1.54. The molecule has 2 saturated heterocycles. The van der Waals surface area contributed by atoms with Crippen molar-refractivity contribution in [2.24, 2.45) is 0 Å². The molecular formula is C21H25N7OS2. The number of nitrogens with zero attached hydrogens (tertiary/aromatic N) is 6. The van der Waals surface area contributed by atoms with Gasteiger partial charge >= 0.3 is 0 Å². The quantitative estimate of drug-likeness (QED) is 0.350. The summed E-state index contributed by atoms with van der Waals surface area (Å²) in [6, 6.07) is 10.4. The lowest BCUT2D eigenvalue weighted by molar-refractivity contribution is 0.578. The van der Waals surface area contributed by atoms with E-state index >= 15 is 0 Å². The zero-order valence-corrected chi connectivity index (χ0v) is 18.9. The molecule has 0 unspecified atom stereocenters. The first-order chi connectivity index (χ1) is 15.3. The minimum Gasteiger partial charge on any atom is -0.616 e. The highest BCUT2D eigenvalue weighted by Gasteiger charge is 2.26. The summed E-state index contributed by atoms with van der Waals surface area (Å²) in [5.74, 6) is 3.70. The summed E-state index contributed by atoms with van der Waals surface area (Å²) in [6.07, 6.45) is 1.61. The maximum atomic E-state index is 11.9. The summed E-state index contributed by atoms with van der Waals surface area (Å²) in [5, 5.41) is 4.25. The van der Waals surface area contributed by atoms with Crippen molar-refractivity contribution < 1.29 is 4.55 Å². The molecule has 5 rings (SSSR count). The Kier molecular flexibility index (Phi) is 6.40. The van der Waals surface area contributed by atoms with Crippen LogP contribution in [0.5, 0.6) is 0 Å². The normalized spacial score (nSPS) is 18.0. The number of hydrogen-bond acceptors (Lipinski definition) is 9. The van der Waals surface area contributed by atoms with Gasteiger partial charge in [-0.2, -0.15) is 4.98 Å². The number of hydrogen-bond donors (Lipinski definition) is 1. The van der Waals surface area contributed by atoms with E-state index in [0.717, 1.165) is 72.8 Å². The number of rotatable bonds is 5. The van der Waals surface area contributed by atoms with Crippen molar-refractivity contribution in [1.29, 1.82) is 0 Å². The highest BCUT2D eigenvalue weighted by molar-refractivity contribution is 7.98. The lowest BCUT2D eigenvalue weighted by atomic mass is 10.2. The molecule has 3 aromatic rings. The van der Waals surface area contributed by atoms with Gasteiger partial charge in [-0.15, -0.1) is 0 Å². The van der Waals surface area contributed by atoms with Gasteiger partial charge in [-0.1, -0.05) is 53.3 Å². The van der Waals surface area contributed by atoms with Crippen LogP contribution >= 0.6 is 11.8 Å². The number of fused-ring (bicyclic) bond motifs is 1. The first kappa shape index (κ1) is 20.7. The van der Waals surface area contributed by atoms with Gasteiger partial charge in [-0.3, -0.25) is 0 Å². The molecule has 2 aliphatic rings. The van der Waals surface area contributed by atoms with Crippen LogP contribution in [0.4, 0.5) is 11.8 Å². The monoisotopic (exact) mass is 455 g/mol. The average Bonchev–Trinajstić information content (AvgIpc) is 2.84. The second-order valence-corrected chi connectivity index (χ2v) is 10.2. The van der Waals surface area contributed by atoms with Crippen molar-refractivity contribution in [2.45, 2.75) is 10.8 Å². The predicted molar refractivity (Wildman–Crippen MR) is 126 cm³/mol. The van der Waals surface area contributed by atoms with Crippen molar-refractivity contribution in [3.8, 4) is 0 Å². The van der Waals surface area contributed by atoms with Crippen LogP contribution in [0.25, 0.3) is 11.0 Å². The number of anilines is 2. The third kappa shape index (κ3) is 4.72. The Morgan fingerprint density at radius 2 is 1.71 bits per heavy atom. The number of aromatic nitrogens is 4. The summed E-state index contributed by atoms with van der Waals surface area (Å²) in [4.78, 5) is 23.5. The molecule has 2 aromatic heterocycles. The zero-order valence-electron chi connectivity index (χ0n) is 17.2. The zero-order chi connectivity index (χ0) is 21.0. The van der Waals surface area contributed by atoms with Gasteiger partial charge in [-0.25, -0.2) is 15.0 Å². The van der Waals surface area contributed by atoms with E-state index in [9.17, 15) is 4.55 Å². The van der Waals surface area contributed by atoms with Gasteiger partial charge in [0.25, 0.3) is 0 Å². The fourth-order valence-corrected chi connectivity index (χ4v) is 5.76. The number of piperazine rings is 1. The van der Waals surface area contributed by atoms with Crippen LogP contribution in [0.3, 0.4) is 0 Å². The first-order valence-electron chi connectivity index (χ1n) is 10.5. The van der Waals surface area contributed by atoms with Gasteiger partial charge in [0.2, 0.25) is 5.95 Å². The predicted octanol–water partition coefficient (Wildman–Crippen LogP) is 1.69. The molecule has 1 N–H and O–H groups in total. The fourth-order valence-electron chi connectivity index (χ4n) is 3.81. The van der Waals surface area contributed by atoms with E-state index in [4.69, 9.17) is 9.97 Å². The molecular weight excluding hydrogens is 430 g/mol. The highest BCUT2D eigenvalue weighted by Crippen LogP contribution is 2.32. The molecule has 10 heteroatoms. The van der Waals surface area contributed by atoms with E-state index in [2.05, 4.69) is 49.4 Å². The number of nitrogens with one attached hydrogen (secondary N) is 1. The molecule has 0 saturated carbocycles. The highest BCUT2D eigenvalue weighted by atomic mass is 32.2. The first-order valence-corrected chi connectivity index (χ1v) is 13.0. The van der Waals surface area contributed by atoms with Crippen LogP contribution in [-0.2, 0) is 16.9 Å². The Bertz CT molecular complexity index is 1020. The van der Waals surface area contributed by atoms with E-state index in [1.807, 2.05) is 6.07 Å². The molecule has 0 spiro atoms. The third-order valence-electron chi connectivity index (χ3n) is 5.51. The van der Waals surface area contributed by atoms with Gasteiger partial charge in [0.1, 0.15) is 33.9 Å². The maximum Gasteiger partial charge on any atom is 0.228 e. The van der Waals surface area contributed by atoms with Crippen LogP contribution in [-0.4, -0.2) is 75.3 Å². The van der Waals surface area contributed by atoms with Crippen molar-refractivity contribution in [3.63, 3.8) is 0 Å². The van der Waals surface area contributed by atoms with Crippen molar-refractivity contribution in [1.82, 2.24) is 25.3 Å². The van der Waals surface area contributed by atoms with Gasteiger partial charge in [0.05, 0.1) is 13.1 Å². The molecule has 0 amide bonds. The van der Waals surface area contributed by atoms with E-state index < -0.39 is 11.2 Å². The maximum absolute atomic E-state index is 11.9. The summed E-state index contributed by atoms with van der Waals surface area (Å²) in [7, 11) is 0. The van der Waals surface area contributed by atoms with Gasteiger partial charge in [-0.05, 0) is 5.56 Å². The Morgan fingerprint density at radius 3 is 2.48 bits per heavy atom. The molecule has 1 aromatic carbocycles. The van der Waals surface area contributed by atoms with Crippen LogP contribution < -0.4 is 15.1 Å². The van der Waals surface area contributed by atoms with Crippen LogP contribution in [0, 0.1) is 0 Å². The second-order valence-electron chi connectivity index (χ2n) is 7.57. The van der Waals surface area contributed by atoms with Crippen LogP contribution in [0.1, 0.15) is 5.56 Å². The minimum absolute atomic E-state index is 0.662. The molecule has 0 atom stereocenters. The topological polar surface area (TPSA) is 93.1 Å². The minimum atomic E-state index is -0.747. The fraction of sp³-hybridized carbons (Fsp3) is 0.429. The molecule has 8 nitrogen and oxygen atoms in total. The van der Waals surface area contributed by atoms with E-state index in [1.165, 1.54) is 5.56 Å². The number of benzene rings is 1. The third-order valence-corrected chi connectivity index (χ3v) is 7.84.